The van der Waals surface area contributed by atoms with E-state index in [1.54, 1.807) is 12.1 Å². The van der Waals surface area contributed by atoms with Gasteiger partial charge in [0, 0.05) is 10.0 Å². The van der Waals surface area contributed by atoms with Gasteiger partial charge in [0.1, 0.15) is 0 Å². The maximum atomic E-state index is 9.60. The molecule has 2 rings (SSSR count). The molecule has 0 saturated carbocycles. The highest BCUT2D eigenvalue weighted by atomic mass is 35.5. The van der Waals surface area contributed by atoms with Crippen molar-refractivity contribution in [3.8, 4) is 0 Å². The second-order valence-electron chi connectivity index (χ2n) is 3.59. The first-order valence-electron chi connectivity index (χ1n) is 4.51. The minimum Gasteiger partial charge on any atom is -0.391 e. The summed E-state index contributed by atoms with van der Waals surface area (Å²) < 4.78 is 0. The van der Waals surface area contributed by atoms with E-state index in [2.05, 4.69) is 0 Å². The molecule has 0 spiro atoms. The average Bonchev–Trinajstić information content (AvgIpc) is 2.12. The minimum absolute atomic E-state index is 0.366. The minimum atomic E-state index is -0.489. The third-order valence-corrected chi connectivity index (χ3v) is 3.21. The van der Waals surface area contributed by atoms with Crippen molar-refractivity contribution >= 4 is 23.2 Å². The molecule has 76 valence electrons. The highest BCUT2D eigenvalue weighted by Gasteiger charge is 2.26. The molecule has 1 aromatic rings. The van der Waals surface area contributed by atoms with E-state index in [4.69, 9.17) is 28.9 Å². The Balaban J connectivity index is 2.54. The normalized spacial score (nSPS) is 26.0. The van der Waals surface area contributed by atoms with Crippen LogP contribution < -0.4 is 5.73 Å². The number of benzene rings is 1. The molecule has 4 heteroatoms. The van der Waals surface area contributed by atoms with Gasteiger partial charge in [-0.1, -0.05) is 23.2 Å². The molecule has 1 aromatic carbocycles. The number of hydrogen-bond acceptors (Lipinski definition) is 2. The van der Waals surface area contributed by atoms with E-state index in [1.165, 1.54) is 0 Å². The van der Waals surface area contributed by atoms with Gasteiger partial charge in [0.05, 0.1) is 12.1 Å². The highest BCUT2D eigenvalue weighted by Crippen LogP contribution is 2.35. The molecular formula is C10H11Cl2NO. The quantitative estimate of drug-likeness (QED) is 0.720. The second kappa shape index (κ2) is 3.70. The lowest BCUT2D eigenvalue weighted by Crippen LogP contribution is -2.31. The van der Waals surface area contributed by atoms with Crippen LogP contribution in [0.4, 0.5) is 0 Å². The lowest BCUT2D eigenvalue weighted by atomic mass is 9.86. The maximum Gasteiger partial charge on any atom is 0.0736 e. The van der Waals surface area contributed by atoms with E-state index in [9.17, 15) is 5.11 Å². The fraction of sp³-hybridized carbons (Fsp3) is 0.400. The molecule has 14 heavy (non-hydrogen) atoms. The molecule has 0 unspecified atom stereocenters. The smallest absolute Gasteiger partial charge is 0.0736 e. The zero-order chi connectivity index (χ0) is 10.3. The molecule has 2 nitrogen and oxygen atoms in total. The van der Waals surface area contributed by atoms with E-state index in [0.717, 1.165) is 17.5 Å². The van der Waals surface area contributed by atoms with E-state index < -0.39 is 6.10 Å². The van der Waals surface area contributed by atoms with Crippen molar-refractivity contribution in [3.05, 3.63) is 33.3 Å². The Morgan fingerprint density at radius 3 is 2.79 bits per heavy atom. The molecule has 2 atom stereocenters. The van der Waals surface area contributed by atoms with Crippen LogP contribution in [0.2, 0.25) is 10.0 Å². The number of aliphatic hydroxyl groups is 1. The predicted octanol–water partition coefficient (Wildman–Crippen LogP) is 2.30. The summed E-state index contributed by atoms with van der Waals surface area (Å²) in [5, 5.41) is 10.8. The predicted molar refractivity (Wildman–Crippen MR) is 57.7 cm³/mol. The zero-order valence-corrected chi connectivity index (χ0v) is 9.02. The first-order chi connectivity index (χ1) is 6.59. The Hall–Kier alpha value is -0.280. The summed E-state index contributed by atoms with van der Waals surface area (Å²) in [5.41, 5.74) is 7.76. The molecule has 0 saturated heterocycles. The van der Waals surface area contributed by atoms with Gasteiger partial charge in [-0.3, -0.25) is 0 Å². The van der Waals surface area contributed by atoms with Gasteiger partial charge < -0.3 is 10.8 Å². The largest absolute Gasteiger partial charge is 0.391 e. The van der Waals surface area contributed by atoms with E-state index in [1.807, 2.05) is 0 Å². The van der Waals surface area contributed by atoms with Crippen molar-refractivity contribution in [2.24, 2.45) is 5.73 Å². The van der Waals surface area contributed by atoms with Gasteiger partial charge in [0.15, 0.2) is 0 Å². The van der Waals surface area contributed by atoms with E-state index in [0.29, 0.717) is 16.5 Å². The van der Waals surface area contributed by atoms with Gasteiger partial charge in [0.2, 0.25) is 0 Å². The summed E-state index contributed by atoms with van der Waals surface area (Å²) in [4.78, 5) is 0. The van der Waals surface area contributed by atoms with Crippen LogP contribution in [0.15, 0.2) is 12.1 Å². The van der Waals surface area contributed by atoms with Crippen LogP contribution in [0.3, 0.4) is 0 Å². The fourth-order valence-corrected chi connectivity index (χ4v) is 2.47. The van der Waals surface area contributed by atoms with Gasteiger partial charge in [-0.25, -0.2) is 0 Å². The van der Waals surface area contributed by atoms with Crippen LogP contribution >= 0.6 is 23.2 Å². The van der Waals surface area contributed by atoms with Crippen molar-refractivity contribution in [2.75, 3.05) is 0 Å². The molecule has 1 aliphatic rings. The Morgan fingerprint density at radius 2 is 2.07 bits per heavy atom. The van der Waals surface area contributed by atoms with Gasteiger partial charge >= 0.3 is 0 Å². The number of aliphatic hydroxyl groups excluding tert-OH is 1. The number of fused-ring (bicyclic) bond motifs is 1. The van der Waals surface area contributed by atoms with Crippen LogP contribution in [0, 0.1) is 0 Å². The second-order valence-corrected chi connectivity index (χ2v) is 4.43. The molecular weight excluding hydrogens is 221 g/mol. The van der Waals surface area contributed by atoms with Crippen LogP contribution in [-0.4, -0.2) is 11.2 Å². The van der Waals surface area contributed by atoms with Crippen molar-refractivity contribution in [2.45, 2.75) is 25.0 Å². The monoisotopic (exact) mass is 231 g/mol. The first kappa shape index (κ1) is 10.2. The third-order valence-electron chi connectivity index (χ3n) is 2.66. The van der Waals surface area contributed by atoms with Crippen molar-refractivity contribution < 1.29 is 5.11 Å². The Labute approximate surface area is 92.6 Å². The lowest BCUT2D eigenvalue weighted by Gasteiger charge is -2.28. The highest BCUT2D eigenvalue weighted by molar-refractivity contribution is 6.35. The van der Waals surface area contributed by atoms with Crippen LogP contribution in [0.5, 0.6) is 0 Å². The SMILES string of the molecule is N[C@H]1c2cc(Cl)cc(Cl)c2CC[C@@H]1O. The van der Waals surface area contributed by atoms with E-state index >= 15 is 0 Å². The summed E-state index contributed by atoms with van der Waals surface area (Å²) >= 11 is 11.9. The average molecular weight is 232 g/mol. The molecule has 3 N–H and O–H groups in total. The molecule has 0 fully saturated rings. The van der Waals surface area contributed by atoms with Gasteiger partial charge in [-0.2, -0.15) is 0 Å². The van der Waals surface area contributed by atoms with Crippen molar-refractivity contribution in [1.29, 1.82) is 0 Å². The van der Waals surface area contributed by atoms with Crippen LogP contribution in [0.1, 0.15) is 23.6 Å². The molecule has 0 aromatic heterocycles. The molecule has 0 heterocycles. The number of rotatable bonds is 0. The summed E-state index contributed by atoms with van der Waals surface area (Å²) in [6, 6.07) is 3.14. The van der Waals surface area contributed by atoms with Gasteiger partial charge in [0.25, 0.3) is 0 Å². The van der Waals surface area contributed by atoms with Crippen molar-refractivity contribution in [3.63, 3.8) is 0 Å². The summed E-state index contributed by atoms with van der Waals surface area (Å²) in [6.45, 7) is 0. The molecule has 1 aliphatic carbocycles. The van der Waals surface area contributed by atoms with Crippen molar-refractivity contribution in [1.82, 2.24) is 0 Å². The lowest BCUT2D eigenvalue weighted by molar-refractivity contribution is 0.128. The standard InChI is InChI=1S/C10H11Cl2NO/c11-5-3-7-6(8(12)4-5)1-2-9(14)10(7)13/h3-4,9-10,14H,1-2,13H2/t9-,10-/m0/s1. The van der Waals surface area contributed by atoms with Crippen LogP contribution in [-0.2, 0) is 6.42 Å². The Morgan fingerprint density at radius 1 is 1.36 bits per heavy atom. The molecule has 0 bridgehead atoms. The zero-order valence-electron chi connectivity index (χ0n) is 7.50. The van der Waals surface area contributed by atoms with Crippen LogP contribution in [0.25, 0.3) is 0 Å². The number of nitrogens with two attached hydrogens (primary N) is 1. The first-order valence-corrected chi connectivity index (χ1v) is 5.26. The Kier molecular flexibility index (Phi) is 2.71. The summed E-state index contributed by atoms with van der Waals surface area (Å²) in [7, 11) is 0. The summed E-state index contributed by atoms with van der Waals surface area (Å²) in [6.07, 6.45) is 0.937. The van der Waals surface area contributed by atoms with E-state index in [-0.39, 0.29) is 6.04 Å². The fourth-order valence-electron chi connectivity index (χ4n) is 1.86. The third kappa shape index (κ3) is 1.63. The van der Waals surface area contributed by atoms with Gasteiger partial charge in [-0.15, -0.1) is 0 Å². The number of hydrogen-bond donors (Lipinski definition) is 2. The topological polar surface area (TPSA) is 46.2 Å². The Bertz CT molecular complexity index is 367. The van der Waals surface area contributed by atoms with Gasteiger partial charge in [-0.05, 0) is 36.1 Å². The molecule has 0 amide bonds. The molecule has 0 aliphatic heterocycles. The maximum absolute atomic E-state index is 9.60. The molecule has 0 radical (unpaired) electrons. The summed E-state index contributed by atoms with van der Waals surface area (Å²) in [5.74, 6) is 0. The number of halogens is 2.